The normalized spacial score (nSPS) is 14.2. The van der Waals surface area contributed by atoms with Crippen LogP contribution in [-0.2, 0) is 12.0 Å². The van der Waals surface area contributed by atoms with Crippen LogP contribution < -0.4 is 5.73 Å². The van der Waals surface area contributed by atoms with Crippen molar-refractivity contribution in [1.29, 1.82) is 0 Å². The topological polar surface area (TPSA) is 26.0 Å². The minimum absolute atomic E-state index is 0.242. The van der Waals surface area contributed by atoms with Gasteiger partial charge in [-0.3, -0.25) is 0 Å². The molecule has 0 saturated carbocycles. The van der Waals surface area contributed by atoms with Crippen molar-refractivity contribution in [3.05, 3.63) is 71.0 Å². The molecule has 2 rings (SSSR count). The average molecular weight is 243 g/mol. The van der Waals surface area contributed by atoms with E-state index in [9.17, 15) is 4.39 Å². The lowest BCUT2D eigenvalue weighted by molar-refractivity contribution is 0.485. The SMILES string of the molecule is Cc1ccccc1CC(C)(N)c1cccc(F)c1. The molecule has 2 heteroatoms. The molecule has 0 heterocycles. The lowest BCUT2D eigenvalue weighted by Gasteiger charge is -2.26. The number of rotatable bonds is 3. The summed E-state index contributed by atoms with van der Waals surface area (Å²) in [7, 11) is 0. The van der Waals surface area contributed by atoms with Crippen LogP contribution >= 0.6 is 0 Å². The molecule has 0 spiro atoms. The van der Waals surface area contributed by atoms with E-state index >= 15 is 0 Å². The van der Waals surface area contributed by atoms with Gasteiger partial charge in [0, 0.05) is 5.54 Å². The quantitative estimate of drug-likeness (QED) is 0.876. The largest absolute Gasteiger partial charge is 0.321 e. The Hall–Kier alpha value is -1.67. The van der Waals surface area contributed by atoms with Crippen molar-refractivity contribution in [2.45, 2.75) is 25.8 Å². The second kappa shape index (κ2) is 4.91. The van der Waals surface area contributed by atoms with Crippen molar-refractivity contribution < 1.29 is 4.39 Å². The van der Waals surface area contributed by atoms with E-state index in [1.165, 1.54) is 23.3 Å². The Morgan fingerprint density at radius 2 is 1.83 bits per heavy atom. The number of nitrogens with two attached hydrogens (primary N) is 1. The summed E-state index contributed by atoms with van der Waals surface area (Å²) in [6.45, 7) is 4.01. The lowest BCUT2D eigenvalue weighted by atomic mass is 9.85. The van der Waals surface area contributed by atoms with Gasteiger partial charge < -0.3 is 5.73 Å². The van der Waals surface area contributed by atoms with Crippen molar-refractivity contribution in [1.82, 2.24) is 0 Å². The number of hydrogen-bond acceptors (Lipinski definition) is 1. The first-order valence-corrected chi connectivity index (χ1v) is 6.08. The maximum Gasteiger partial charge on any atom is 0.123 e. The van der Waals surface area contributed by atoms with Crippen LogP contribution in [0.25, 0.3) is 0 Å². The fraction of sp³-hybridized carbons (Fsp3) is 0.250. The number of hydrogen-bond donors (Lipinski definition) is 1. The molecule has 1 unspecified atom stereocenters. The Kier molecular flexibility index (Phi) is 3.48. The second-order valence-corrected chi connectivity index (χ2v) is 5.03. The Bertz CT molecular complexity index is 546. The minimum atomic E-state index is -0.561. The molecule has 2 aromatic rings. The van der Waals surface area contributed by atoms with Gasteiger partial charge in [0.15, 0.2) is 0 Å². The van der Waals surface area contributed by atoms with Gasteiger partial charge in [0.1, 0.15) is 5.82 Å². The summed E-state index contributed by atoms with van der Waals surface area (Å²) < 4.78 is 13.3. The third-order valence-electron chi connectivity index (χ3n) is 3.30. The van der Waals surface area contributed by atoms with Crippen molar-refractivity contribution >= 4 is 0 Å². The molecule has 18 heavy (non-hydrogen) atoms. The molecule has 1 atom stereocenters. The molecule has 0 aliphatic rings. The zero-order valence-electron chi connectivity index (χ0n) is 10.8. The maximum absolute atomic E-state index is 13.3. The van der Waals surface area contributed by atoms with Gasteiger partial charge >= 0.3 is 0 Å². The number of benzene rings is 2. The fourth-order valence-electron chi connectivity index (χ4n) is 2.15. The molecule has 2 aromatic carbocycles. The zero-order valence-corrected chi connectivity index (χ0v) is 10.8. The predicted octanol–water partition coefficient (Wildman–Crippen LogP) is 3.55. The van der Waals surface area contributed by atoms with Crippen molar-refractivity contribution in [3.8, 4) is 0 Å². The standard InChI is InChI=1S/C16H18FN/c1-12-6-3-4-7-13(12)11-16(2,18)14-8-5-9-15(17)10-14/h3-10H,11,18H2,1-2H3. The molecular weight excluding hydrogens is 225 g/mol. The Morgan fingerprint density at radius 3 is 2.50 bits per heavy atom. The van der Waals surface area contributed by atoms with E-state index in [1.54, 1.807) is 6.07 Å². The van der Waals surface area contributed by atoms with E-state index in [4.69, 9.17) is 5.73 Å². The van der Waals surface area contributed by atoms with E-state index in [-0.39, 0.29) is 5.82 Å². The molecule has 0 aliphatic carbocycles. The molecule has 0 bridgehead atoms. The second-order valence-electron chi connectivity index (χ2n) is 5.03. The first-order valence-electron chi connectivity index (χ1n) is 6.08. The van der Waals surface area contributed by atoms with Gasteiger partial charge in [-0.2, -0.15) is 0 Å². The van der Waals surface area contributed by atoms with Crippen molar-refractivity contribution in [2.24, 2.45) is 5.73 Å². The number of halogens is 1. The van der Waals surface area contributed by atoms with Gasteiger partial charge in [0.25, 0.3) is 0 Å². The summed E-state index contributed by atoms with van der Waals surface area (Å²) in [5.74, 6) is -0.242. The fourth-order valence-corrected chi connectivity index (χ4v) is 2.15. The summed E-state index contributed by atoms with van der Waals surface area (Å²) in [6, 6.07) is 14.7. The van der Waals surface area contributed by atoms with E-state index < -0.39 is 5.54 Å². The maximum atomic E-state index is 13.3. The lowest BCUT2D eigenvalue weighted by Crippen LogP contribution is -2.35. The highest BCUT2D eigenvalue weighted by molar-refractivity contribution is 5.31. The molecule has 0 radical (unpaired) electrons. The predicted molar refractivity (Wildman–Crippen MR) is 72.8 cm³/mol. The first-order chi connectivity index (χ1) is 8.49. The molecule has 0 aliphatic heterocycles. The highest BCUT2D eigenvalue weighted by Gasteiger charge is 2.22. The Labute approximate surface area is 107 Å². The minimum Gasteiger partial charge on any atom is -0.321 e. The van der Waals surface area contributed by atoms with Gasteiger partial charge in [-0.05, 0) is 49.1 Å². The van der Waals surface area contributed by atoms with Crippen LogP contribution in [0.5, 0.6) is 0 Å². The summed E-state index contributed by atoms with van der Waals surface area (Å²) >= 11 is 0. The molecule has 1 nitrogen and oxygen atoms in total. The average Bonchev–Trinajstić information content (AvgIpc) is 2.32. The van der Waals surface area contributed by atoms with Crippen molar-refractivity contribution in [2.75, 3.05) is 0 Å². The molecular formula is C16H18FN. The molecule has 0 saturated heterocycles. The van der Waals surface area contributed by atoms with E-state index in [0.29, 0.717) is 6.42 Å². The summed E-state index contributed by atoms with van der Waals surface area (Å²) in [6.07, 6.45) is 0.698. The van der Waals surface area contributed by atoms with Crippen LogP contribution in [0.2, 0.25) is 0 Å². The zero-order chi connectivity index (χ0) is 13.2. The third-order valence-corrected chi connectivity index (χ3v) is 3.30. The summed E-state index contributed by atoms with van der Waals surface area (Å²) in [4.78, 5) is 0. The van der Waals surface area contributed by atoms with E-state index in [0.717, 1.165) is 5.56 Å². The van der Waals surface area contributed by atoms with Gasteiger partial charge in [-0.25, -0.2) is 4.39 Å². The van der Waals surface area contributed by atoms with Gasteiger partial charge in [0.05, 0.1) is 0 Å². The molecule has 2 N–H and O–H groups in total. The van der Waals surface area contributed by atoms with Gasteiger partial charge in [-0.15, -0.1) is 0 Å². The van der Waals surface area contributed by atoms with Gasteiger partial charge in [-0.1, -0.05) is 36.4 Å². The Balaban J connectivity index is 2.30. The summed E-state index contributed by atoms with van der Waals surface area (Å²) in [5, 5.41) is 0. The third kappa shape index (κ3) is 2.77. The molecule has 94 valence electrons. The van der Waals surface area contributed by atoms with Crippen LogP contribution in [-0.4, -0.2) is 0 Å². The van der Waals surface area contributed by atoms with E-state index in [2.05, 4.69) is 19.1 Å². The van der Waals surface area contributed by atoms with Gasteiger partial charge in [0.2, 0.25) is 0 Å². The monoisotopic (exact) mass is 243 g/mol. The summed E-state index contributed by atoms with van der Waals surface area (Å²) in [5.41, 5.74) is 9.02. The number of aryl methyl sites for hydroxylation is 1. The highest BCUT2D eigenvalue weighted by atomic mass is 19.1. The Morgan fingerprint density at radius 1 is 1.11 bits per heavy atom. The molecule has 0 aromatic heterocycles. The van der Waals surface area contributed by atoms with Crippen LogP contribution in [0.1, 0.15) is 23.6 Å². The highest BCUT2D eigenvalue weighted by Crippen LogP contribution is 2.24. The van der Waals surface area contributed by atoms with E-state index in [1.807, 2.05) is 25.1 Å². The van der Waals surface area contributed by atoms with Crippen LogP contribution in [0.15, 0.2) is 48.5 Å². The van der Waals surface area contributed by atoms with Crippen LogP contribution in [0, 0.1) is 12.7 Å². The van der Waals surface area contributed by atoms with Crippen molar-refractivity contribution in [3.63, 3.8) is 0 Å². The van der Waals surface area contributed by atoms with Crippen LogP contribution in [0.3, 0.4) is 0 Å². The molecule has 0 amide bonds. The van der Waals surface area contributed by atoms with Crippen LogP contribution in [0.4, 0.5) is 4.39 Å². The smallest absolute Gasteiger partial charge is 0.123 e. The first kappa shape index (κ1) is 12.8. The molecule has 0 fully saturated rings.